The van der Waals surface area contributed by atoms with Crippen LogP contribution in [0.3, 0.4) is 0 Å². The maximum absolute atomic E-state index is 13.2. The fourth-order valence-corrected chi connectivity index (χ4v) is 4.28. The number of carbonyl (C=O) groups excluding carboxylic acids is 1. The highest BCUT2D eigenvalue weighted by molar-refractivity contribution is 5.94. The molecule has 0 unspecified atom stereocenters. The summed E-state index contributed by atoms with van der Waals surface area (Å²) in [5.41, 5.74) is 3.12. The number of hydrogen-bond acceptors (Lipinski definition) is 5. The number of aryl methyl sites for hydroxylation is 1. The van der Waals surface area contributed by atoms with E-state index in [0.29, 0.717) is 18.8 Å². The SMILES string of the molecule is COc1cccc(-c2cc(C(=O)N3CCC(Oc4cccc5cccnc45)CC3)n(C)n2)c1. The van der Waals surface area contributed by atoms with E-state index in [4.69, 9.17) is 9.47 Å². The molecule has 1 aliphatic heterocycles. The van der Waals surface area contributed by atoms with E-state index in [2.05, 4.69) is 10.1 Å². The van der Waals surface area contributed by atoms with Gasteiger partial charge in [0.05, 0.1) is 12.8 Å². The molecule has 33 heavy (non-hydrogen) atoms. The summed E-state index contributed by atoms with van der Waals surface area (Å²) >= 11 is 0. The largest absolute Gasteiger partial charge is 0.497 e. The Hall–Kier alpha value is -3.87. The molecule has 7 heteroatoms. The van der Waals surface area contributed by atoms with Gasteiger partial charge < -0.3 is 14.4 Å². The number of methoxy groups -OCH3 is 1. The van der Waals surface area contributed by atoms with E-state index in [9.17, 15) is 4.79 Å². The Morgan fingerprint density at radius 1 is 1.03 bits per heavy atom. The zero-order valence-corrected chi connectivity index (χ0v) is 18.8. The molecule has 1 aliphatic rings. The number of benzene rings is 2. The maximum Gasteiger partial charge on any atom is 0.272 e. The smallest absolute Gasteiger partial charge is 0.272 e. The molecule has 0 saturated carbocycles. The fourth-order valence-electron chi connectivity index (χ4n) is 4.28. The summed E-state index contributed by atoms with van der Waals surface area (Å²) in [6.45, 7) is 1.28. The molecular formula is C26H26N4O3. The minimum atomic E-state index is -0.00979. The van der Waals surface area contributed by atoms with Gasteiger partial charge in [-0.25, -0.2) is 0 Å². The van der Waals surface area contributed by atoms with Gasteiger partial charge in [0, 0.05) is 50.1 Å². The van der Waals surface area contributed by atoms with Crippen molar-refractivity contribution in [3.05, 3.63) is 72.6 Å². The Morgan fingerprint density at radius 2 is 1.82 bits per heavy atom. The van der Waals surface area contributed by atoms with Crippen molar-refractivity contribution in [1.82, 2.24) is 19.7 Å². The van der Waals surface area contributed by atoms with Crippen LogP contribution in [0.1, 0.15) is 23.3 Å². The third-order valence-electron chi connectivity index (χ3n) is 6.08. The van der Waals surface area contributed by atoms with Gasteiger partial charge in [0.2, 0.25) is 0 Å². The first-order valence-corrected chi connectivity index (χ1v) is 11.1. The van der Waals surface area contributed by atoms with E-state index in [-0.39, 0.29) is 12.0 Å². The van der Waals surface area contributed by atoms with Crippen molar-refractivity contribution in [2.75, 3.05) is 20.2 Å². The summed E-state index contributed by atoms with van der Waals surface area (Å²) in [6, 6.07) is 19.5. The van der Waals surface area contributed by atoms with Gasteiger partial charge in [-0.2, -0.15) is 5.10 Å². The Bertz CT molecular complexity index is 1290. The lowest BCUT2D eigenvalue weighted by molar-refractivity contribution is 0.0587. The number of rotatable bonds is 5. The third-order valence-corrected chi connectivity index (χ3v) is 6.08. The van der Waals surface area contributed by atoms with Crippen LogP contribution in [0.15, 0.2) is 66.9 Å². The molecule has 7 nitrogen and oxygen atoms in total. The first-order chi connectivity index (χ1) is 16.1. The summed E-state index contributed by atoms with van der Waals surface area (Å²) in [5, 5.41) is 5.61. The minimum absolute atomic E-state index is 0.00979. The second kappa shape index (κ2) is 8.94. The van der Waals surface area contributed by atoms with E-state index in [0.717, 1.165) is 46.5 Å². The van der Waals surface area contributed by atoms with Crippen molar-refractivity contribution < 1.29 is 14.3 Å². The van der Waals surface area contributed by atoms with Crippen LogP contribution in [0.5, 0.6) is 11.5 Å². The van der Waals surface area contributed by atoms with Gasteiger partial charge in [0.15, 0.2) is 0 Å². The fraction of sp³-hybridized carbons (Fsp3) is 0.269. The molecule has 0 spiro atoms. The Morgan fingerprint density at radius 3 is 2.64 bits per heavy atom. The number of amides is 1. The molecule has 0 N–H and O–H groups in total. The molecule has 2 aromatic carbocycles. The lowest BCUT2D eigenvalue weighted by Crippen LogP contribution is -2.42. The summed E-state index contributed by atoms with van der Waals surface area (Å²) < 4.78 is 13.2. The zero-order valence-electron chi connectivity index (χ0n) is 18.8. The van der Waals surface area contributed by atoms with Gasteiger partial charge in [-0.3, -0.25) is 14.5 Å². The molecule has 0 bridgehead atoms. The van der Waals surface area contributed by atoms with E-state index in [1.54, 1.807) is 25.0 Å². The summed E-state index contributed by atoms with van der Waals surface area (Å²) in [6.07, 6.45) is 3.38. The Balaban J connectivity index is 1.26. The highest BCUT2D eigenvalue weighted by Gasteiger charge is 2.27. The Kier molecular flexibility index (Phi) is 5.69. The quantitative estimate of drug-likeness (QED) is 0.460. The highest BCUT2D eigenvalue weighted by Crippen LogP contribution is 2.28. The normalized spacial score (nSPS) is 14.4. The van der Waals surface area contributed by atoms with Gasteiger partial charge in [-0.1, -0.05) is 30.3 Å². The van der Waals surface area contributed by atoms with Gasteiger partial charge in [-0.05, 0) is 30.3 Å². The number of pyridine rings is 1. The second-order valence-electron chi connectivity index (χ2n) is 8.21. The van der Waals surface area contributed by atoms with Gasteiger partial charge in [0.25, 0.3) is 5.91 Å². The van der Waals surface area contributed by atoms with Crippen molar-refractivity contribution >= 4 is 16.8 Å². The molecule has 3 heterocycles. The van der Waals surface area contributed by atoms with Crippen LogP contribution in [-0.2, 0) is 7.05 Å². The predicted octanol–water partition coefficient (Wildman–Crippen LogP) is 4.33. The van der Waals surface area contributed by atoms with Gasteiger partial charge in [-0.15, -0.1) is 0 Å². The standard InChI is InChI=1S/C26H26N4O3/c1-29-23(17-22(28-29)19-7-3-9-21(16-19)32-2)26(31)30-14-11-20(12-15-30)33-24-10-4-6-18-8-5-13-27-25(18)24/h3-10,13,16-17,20H,11-12,14-15H2,1-2H3. The van der Waals surface area contributed by atoms with E-state index in [1.165, 1.54) is 0 Å². The average molecular weight is 443 g/mol. The van der Waals surface area contributed by atoms with E-state index >= 15 is 0 Å². The number of piperidine rings is 1. The molecule has 168 valence electrons. The monoisotopic (exact) mass is 442 g/mol. The number of nitrogens with zero attached hydrogens (tertiary/aromatic N) is 4. The maximum atomic E-state index is 13.2. The van der Waals surface area contributed by atoms with Crippen LogP contribution >= 0.6 is 0 Å². The van der Waals surface area contributed by atoms with Crippen LogP contribution in [0.4, 0.5) is 0 Å². The van der Waals surface area contributed by atoms with Gasteiger partial charge >= 0.3 is 0 Å². The number of carbonyl (C=O) groups is 1. The number of para-hydroxylation sites is 1. The molecular weight excluding hydrogens is 416 g/mol. The van der Waals surface area contributed by atoms with Crippen molar-refractivity contribution in [3.63, 3.8) is 0 Å². The average Bonchev–Trinajstić information content (AvgIpc) is 3.26. The molecule has 2 aromatic heterocycles. The molecule has 1 amide bonds. The number of aromatic nitrogens is 3. The van der Waals surface area contributed by atoms with Crippen LogP contribution in [-0.4, -0.2) is 51.9 Å². The van der Waals surface area contributed by atoms with Crippen molar-refractivity contribution in [3.8, 4) is 22.8 Å². The first-order valence-electron chi connectivity index (χ1n) is 11.1. The highest BCUT2D eigenvalue weighted by atomic mass is 16.5. The molecule has 0 aliphatic carbocycles. The van der Waals surface area contributed by atoms with Crippen LogP contribution in [0.25, 0.3) is 22.2 Å². The number of ether oxygens (including phenoxy) is 2. The van der Waals surface area contributed by atoms with Crippen LogP contribution < -0.4 is 9.47 Å². The summed E-state index contributed by atoms with van der Waals surface area (Å²) in [5.74, 6) is 1.55. The van der Waals surface area contributed by atoms with Crippen molar-refractivity contribution in [1.29, 1.82) is 0 Å². The van der Waals surface area contributed by atoms with E-state index < -0.39 is 0 Å². The summed E-state index contributed by atoms with van der Waals surface area (Å²) in [7, 11) is 3.44. The molecule has 1 saturated heterocycles. The minimum Gasteiger partial charge on any atom is -0.497 e. The van der Waals surface area contributed by atoms with Crippen LogP contribution in [0, 0.1) is 0 Å². The first kappa shape index (κ1) is 21.0. The van der Waals surface area contributed by atoms with Crippen molar-refractivity contribution in [2.24, 2.45) is 7.05 Å². The lowest BCUT2D eigenvalue weighted by Gasteiger charge is -2.32. The second-order valence-corrected chi connectivity index (χ2v) is 8.21. The molecule has 5 rings (SSSR count). The summed E-state index contributed by atoms with van der Waals surface area (Å²) in [4.78, 5) is 19.6. The molecule has 4 aromatic rings. The van der Waals surface area contributed by atoms with Crippen molar-refractivity contribution in [2.45, 2.75) is 18.9 Å². The Labute approximate surface area is 192 Å². The lowest BCUT2D eigenvalue weighted by atomic mass is 10.1. The third kappa shape index (κ3) is 4.26. The number of fused-ring (bicyclic) bond motifs is 1. The number of hydrogen-bond donors (Lipinski definition) is 0. The molecule has 0 atom stereocenters. The number of likely N-dealkylation sites (tertiary alicyclic amines) is 1. The zero-order chi connectivity index (χ0) is 22.8. The van der Waals surface area contributed by atoms with E-state index in [1.807, 2.05) is 65.6 Å². The topological polar surface area (TPSA) is 69.5 Å². The van der Waals surface area contributed by atoms with Gasteiger partial charge in [0.1, 0.15) is 28.8 Å². The molecule has 1 fully saturated rings. The molecule has 0 radical (unpaired) electrons. The predicted molar refractivity (Wildman–Crippen MR) is 126 cm³/mol. The van der Waals surface area contributed by atoms with Crippen LogP contribution in [0.2, 0.25) is 0 Å².